The van der Waals surface area contributed by atoms with Gasteiger partial charge in [-0.1, -0.05) is 34.8 Å². The van der Waals surface area contributed by atoms with Gasteiger partial charge in [-0.05, 0) is 44.5 Å². The highest BCUT2D eigenvalue weighted by Crippen LogP contribution is 2.52. The van der Waals surface area contributed by atoms with Gasteiger partial charge in [-0.3, -0.25) is 19.2 Å². The highest BCUT2D eigenvalue weighted by molar-refractivity contribution is 6.67. The maximum absolute atomic E-state index is 14.0. The minimum absolute atomic E-state index is 0.0127. The summed E-state index contributed by atoms with van der Waals surface area (Å²) in [6, 6.07) is 0.574. The first kappa shape index (κ1) is 33.2. The number of phenolic OH excluding ortho intramolecular Hbond substituents is 1. The third kappa shape index (κ3) is 5.67. The number of ether oxygens (including phenoxy) is 1. The molecule has 2 fully saturated rings. The number of carbonyl (C=O) groups excluding carboxylic acids is 5. The molecular formula is C27H33Cl3N4O9. The minimum atomic E-state index is -2.77. The van der Waals surface area contributed by atoms with Gasteiger partial charge < -0.3 is 40.9 Å². The van der Waals surface area contributed by atoms with Gasteiger partial charge in [0.25, 0.3) is 0 Å². The van der Waals surface area contributed by atoms with E-state index in [1.165, 1.54) is 4.90 Å². The molecule has 0 aromatic heterocycles. The van der Waals surface area contributed by atoms with Gasteiger partial charge in [0.05, 0.1) is 17.6 Å². The van der Waals surface area contributed by atoms with E-state index in [4.69, 9.17) is 45.3 Å². The fourth-order valence-electron chi connectivity index (χ4n) is 6.82. The predicted octanol–water partition coefficient (Wildman–Crippen LogP) is 0.321. The SMILES string of the molecule is CN(C)c1cc(CNC(=O)OCC(Cl)(Cl)Cl)c(O)c2c1C[C@@H]1C[C@@H]3[C@@H](N(C)C)C(O)C(C(N)=O)C(=O)[C@]3(O)C(=O)C1C2=O. The van der Waals surface area contributed by atoms with Crippen molar-refractivity contribution in [2.45, 2.75) is 40.9 Å². The first-order valence-corrected chi connectivity index (χ1v) is 14.5. The van der Waals surface area contributed by atoms with Crippen LogP contribution in [-0.2, 0) is 32.1 Å². The van der Waals surface area contributed by atoms with Gasteiger partial charge in [-0.15, -0.1) is 0 Å². The number of halogens is 3. The molecule has 0 bridgehead atoms. The van der Waals surface area contributed by atoms with Crippen LogP contribution in [0.4, 0.5) is 10.5 Å². The molecule has 16 heteroatoms. The molecular weight excluding hydrogens is 631 g/mol. The summed E-state index contributed by atoms with van der Waals surface area (Å²) in [5.74, 6) is -10.1. The number of nitrogens with one attached hydrogen (secondary N) is 1. The van der Waals surface area contributed by atoms with Gasteiger partial charge in [0.2, 0.25) is 9.70 Å². The molecule has 3 aliphatic rings. The number of aliphatic hydroxyl groups excluding tert-OH is 1. The number of Topliss-reactive ketones (excluding diaryl/α,β-unsaturated/α-hetero) is 3. The summed E-state index contributed by atoms with van der Waals surface area (Å²) in [4.78, 5) is 69.1. The van der Waals surface area contributed by atoms with E-state index in [1.807, 2.05) is 0 Å². The number of anilines is 1. The number of hydrogen-bond donors (Lipinski definition) is 5. The lowest BCUT2D eigenvalue weighted by molar-refractivity contribution is -0.190. The van der Waals surface area contributed by atoms with Crippen molar-refractivity contribution in [2.24, 2.45) is 29.4 Å². The second-order valence-corrected chi connectivity index (χ2v) is 14.2. The van der Waals surface area contributed by atoms with Gasteiger partial charge in [0.15, 0.2) is 23.0 Å². The number of nitrogens with two attached hydrogens (primary N) is 1. The zero-order valence-corrected chi connectivity index (χ0v) is 26.0. The fraction of sp³-hybridized carbons (Fsp3) is 0.593. The summed E-state index contributed by atoms with van der Waals surface area (Å²) in [6.07, 6.45) is -2.44. The summed E-state index contributed by atoms with van der Waals surface area (Å²) < 4.78 is 2.99. The highest BCUT2D eigenvalue weighted by Gasteiger charge is 2.69. The van der Waals surface area contributed by atoms with Crippen LogP contribution in [0.2, 0.25) is 0 Å². The Morgan fingerprint density at radius 3 is 2.33 bits per heavy atom. The number of likely N-dealkylation sites (N-methyl/N-ethyl adjacent to an activating group) is 1. The Bertz CT molecular complexity index is 1380. The maximum atomic E-state index is 14.0. The number of ketones is 3. The van der Waals surface area contributed by atoms with Crippen molar-refractivity contribution in [3.05, 3.63) is 22.8 Å². The van der Waals surface area contributed by atoms with E-state index in [0.29, 0.717) is 11.3 Å². The van der Waals surface area contributed by atoms with E-state index in [1.54, 1.807) is 39.2 Å². The Morgan fingerprint density at radius 1 is 1.16 bits per heavy atom. The monoisotopic (exact) mass is 662 g/mol. The molecule has 2 saturated carbocycles. The molecule has 3 aliphatic carbocycles. The van der Waals surface area contributed by atoms with Crippen molar-refractivity contribution >= 4 is 69.8 Å². The van der Waals surface area contributed by atoms with Gasteiger partial charge >= 0.3 is 6.09 Å². The van der Waals surface area contributed by atoms with Crippen LogP contribution in [0, 0.1) is 23.7 Å². The van der Waals surface area contributed by atoms with Crippen LogP contribution in [0.15, 0.2) is 6.07 Å². The molecule has 0 radical (unpaired) electrons. The highest BCUT2D eigenvalue weighted by atomic mass is 35.6. The molecule has 1 aromatic rings. The van der Waals surface area contributed by atoms with Crippen LogP contribution in [0.3, 0.4) is 0 Å². The first-order valence-electron chi connectivity index (χ1n) is 13.3. The van der Waals surface area contributed by atoms with E-state index in [-0.39, 0.29) is 30.5 Å². The number of aliphatic hydroxyl groups is 2. The van der Waals surface area contributed by atoms with Crippen LogP contribution in [0.1, 0.15) is 27.9 Å². The maximum Gasteiger partial charge on any atom is 0.407 e. The smallest absolute Gasteiger partial charge is 0.407 e. The van der Waals surface area contributed by atoms with E-state index in [9.17, 15) is 39.3 Å². The molecule has 4 rings (SSSR count). The van der Waals surface area contributed by atoms with E-state index in [0.717, 1.165) is 0 Å². The Balaban J connectivity index is 1.76. The third-order valence-corrected chi connectivity index (χ3v) is 8.94. The van der Waals surface area contributed by atoms with E-state index < -0.39 is 86.9 Å². The number of hydrogen-bond acceptors (Lipinski definition) is 11. The lowest BCUT2D eigenvalue weighted by Gasteiger charge is -2.55. The van der Waals surface area contributed by atoms with Crippen molar-refractivity contribution < 1.29 is 44.0 Å². The topological polar surface area (TPSA) is 200 Å². The number of phenols is 1. The number of benzene rings is 1. The van der Waals surface area contributed by atoms with Gasteiger partial charge in [0, 0.05) is 43.9 Å². The van der Waals surface area contributed by atoms with Crippen LogP contribution < -0.4 is 16.0 Å². The third-order valence-electron chi connectivity index (χ3n) is 8.62. The molecule has 1 aromatic carbocycles. The number of nitrogens with zero attached hydrogens (tertiary/aromatic N) is 2. The number of alkyl halides is 3. The Hall–Kier alpha value is -2.68. The lowest BCUT2D eigenvalue weighted by atomic mass is 9.52. The average Bonchev–Trinajstić information content (AvgIpc) is 2.88. The van der Waals surface area contributed by atoms with E-state index in [2.05, 4.69) is 5.32 Å². The standard InChI is InChI=1S/C27H33Cl3N4O9/c1-33(2)14-7-11(8-32-25(41)43-9-26(28,29)30)19(35)16-12(14)5-10-6-13-18(34(3)4)21(37)17(24(31)40)23(39)27(13,42)22(38)15(10)20(16)36/h7,10,13,15,17-18,21,35,37,42H,5-6,8-9H2,1-4H3,(H2,31,40)(H,32,41)/t10-,13-,15?,17?,18-,21?,27-/m1/s1. The van der Waals surface area contributed by atoms with Crippen molar-refractivity contribution in [2.75, 3.05) is 39.7 Å². The molecule has 0 saturated heterocycles. The van der Waals surface area contributed by atoms with E-state index >= 15 is 0 Å². The summed E-state index contributed by atoms with van der Waals surface area (Å²) >= 11 is 16.8. The normalized spacial score (nSPS) is 30.3. The summed E-state index contributed by atoms with van der Waals surface area (Å²) in [5, 5.41) is 36.4. The van der Waals surface area contributed by atoms with Crippen molar-refractivity contribution in [3.8, 4) is 5.75 Å². The molecule has 0 heterocycles. The molecule has 2 amide bonds. The predicted molar refractivity (Wildman–Crippen MR) is 155 cm³/mol. The molecule has 0 aliphatic heterocycles. The van der Waals surface area contributed by atoms with Crippen molar-refractivity contribution in [1.82, 2.24) is 10.2 Å². The number of rotatable bonds is 6. The summed E-state index contributed by atoms with van der Waals surface area (Å²) in [6.45, 7) is -0.849. The van der Waals surface area contributed by atoms with Crippen molar-refractivity contribution in [1.29, 1.82) is 0 Å². The lowest BCUT2D eigenvalue weighted by Crippen LogP contribution is -2.75. The van der Waals surface area contributed by atoms with Crippen LogP contribution >= 0.6 is 34.8 Å². The minimum Gasteiger partial charge on any atom is -0.507 e. The molecule has 7 atom stereocenters. The Kier molecular flexibility index (Phi) is 9.02. The number of carbonyl (C=O) groups is 5. The van der Waals surface area contributed by atoms with Crippen molar-refractivity contribution in [3.63, 3.8) is 0 Å². The largest absolute Gasteiger partial charge is 0.507 e. The number of fused-ring (bicyclic) bond motifs is 3. The number of aromatic hydroxyl groups is 1. The number of alkyl carbamates (subject to hydrolysis) is 1. The number of primary amides is 1. The first-order chi connectivity index (χ1) is 19.8. The zero-order chi connectivity index (χ0) is 32.3. The molecule has 43 heavy (non-hydrogen) atoms. The molecule has 13 nitrogen and oxygen atoms in total. The van der Waals surface area contributed by atoms with Crippen LogP contribution in [-0.4, -0.2) is 106 Å². The summed E-state index contributed by atoms with van der Waals surface area (Å²) in [5.41, 5.74) is 3.52. The van der Waals surface area contributed by atoms with Gasteiger partial charge in [-0.2, -0.15) is 0 Å². The van der Waals surface area contributed by atoms with Gasteiger partial charge in [-0.25, -0.2) is 4.79 Å². The quantitative estimate of drug-likeness (QED) is 0.207. The molecule has 3 unspecified atom stereocenters. The second-order valence-electron chi connectivity index (χ2n) is 11.7. The number of amides is 2. The Labute approximate surface area is 262 Å². The molecule has 0 spiro atoms. The second kappa shape index (κ2) is 11.7. The molecule has 6 N–H and O–H groups in total. The van der Waals surface area contributed by atoms with Gasteiger partial charge in [0.1, 0.15) is 18.3 Å². The Morgan fingerprint density at radius 2 is 1.79 bits per heavy atom. The zero-order valence-electron chi connectivity index (χ0n) is 23.8. The average molecular weight is 664 g/mol. The van der Waals surface area contributed by atoms with Crippen LogP contribution in [0.25, 0.3) is 0 Å². The summed E-state index contributed by atoms with van der Waals surface area (Å²) in [7, 11) is 6.57. The fourth-order valence-corrected chi connectivity index (χ4v) is 6.99. The van der Waals surface area contributed by atoms with Crippen LogP contribution in [0.5, 0.6) is 5.75 Å². The molecule has 236 valence electrons.